The van der Waals surface area contributed by atoms with E-state index in [4.69, 9.17) is 0 Å². The SMILES string of the molecule is C=C(C)[C@H]1CC=C(C)/C(=N\Nc2ccc([N+](=O)[O-])cc2[N+](=O)[O-])C1. The van der Waals surface area contributed by atoms with Gasteiger partial charge in [0.25, 0.3) is 5.69 Å². The molecule has 0 aromatic heterocycles. The third-order valence-corrected chi connectivity index (χ3v) is 4.00. The molecule has 0 fully saturated rings. The normalized spacial score (nSPS) is 18.8. The topological polar surface area (TPSA) is 111 Å². The van der Waals surface area contributed by atoms with Crippen LogP contribution in [0.5, 0.6) is 0 Å². The molecule has 0 radical (unpaired) electrons. The Kier molecular flexibility index (Phi) is 5.08. The van der Waals surface area contributed by atoms with E-state index in [0.29, 0.717) is 12.3 Å². The number of non-ortho nitro benzene ring substituents is 1. The Bertz CT molecular complexity index is 767. The predicted octanol–water partition coefficient (Wildman–Crippen LogP) is 4.20. The summed E-state index contributed by atoms with van der Waals surface area (Å²) in [5, 5.41) is 26.1. The highest BCUT2D eigenvalue weighted by Crippen LogP contribution is 2.30. The van der Waals surface area contributed by atoms with Crippen LogP contribution < -0.4 is 5.43 Å². The number of benzene rings is 1. The van der Waals surface area contributed by atoms with E-state index in [1.165, 1.54) is 12.1 Å². The van der Waals surface area contributed by atoms with E-state index in [1.54, 1.807) is 0 Å². The van der Waals surface area contributed by atoms with Crippen molar-refractivity contribution >= 4 is 22.8 Å². The van der Waals surface area contributed by atoms with Crippen molar-refractivity contribution in [1.29, 1.82) is 0 Å². The third-order valence-electron chi connectivity index (χ3n) is 4.00. The van der Waals surface area contributed by atoms with Crippen LogP contribution in [0.1, 0.15) is 26.7 Å². The van der Waals surface area contributed by atoms with Crippen molar-refractivity contribution in [3.63, 3.8) is 0 Å². The van der Waals surface area contributed by atoms with E-state index in [-0.39, 0.29) is 17.1 Å². The Balaban J connectivity index is 2.29. The Morgan fingerprint density at radius 1 is 1.33 bits per heavy atom. The zero-order chi connectivity index (χ0) is 17.9. The van der Waals surface area contributed by atoms with Crippen LogP contribution in [-0.4, -0.2) is 15.6 Å². The minimum atomic E-state index is -0.672. The molecule has 0 heterocycles. The lowest BCUT2D eigenvalue weighted by atomic mass is 9.85. The fraction of sp³-hybridized carbons (Fsp3) is 0.312. The second kappa shape index (κ2) is 7.03. The second-order valence-corrected chi connectivity index (χ2v) is 5.76. The van der Waals surface area contributed by atoms with Crippen LogP contribution in [0.4, 0.5) is 17.1 Å². The van der Waals surface area contributed by atoms with E-state index >= 15 is 0 Å². The first-order chi connectivity index (χ1) is 11.3. The number of hydrazone groups is 1. The quantitative estimate of drug-likeness (QED) is 0.494. The highest BCUT2D eigenvalue weighted by molar-refractivity contribution is 6.01. The number of rotatable bonds is 5. The Morgan fingerprint density at radius 2 is 2.04 bits per heavy atom. The Hall–Kier alpha value is -3.03. The lowest BCUT2D eigenvalue weighted by Gasteiger charge is -2.22. The van der Waals surface area contributed by atoms with Crippen LogP contribution in [0.25, 0.3) is 0 Å². The fourth-order valence-electron chi connectivity index (χ4n) is 2.43. The maximum absolute atomic E-state index is 11.1. The van der Waals surface area contributed by atoms with Crippen LogP contribution >= 0.6 is 0 Å². The van der Waals surface area contributed by atoms with Gasteiger partial charge in [0.1, 0.15) is 5.69 Å². The molecule has 1 aromatic carbocycles. The Labute approximate surface area is 138 Å². The molecular formula is C16H18N4O4. The van der Waals surface area contributed by atoms with Crippen molar-refractivity contribution in [2.24, 2.45) is 11.0 Å². The molecule has 1 aromatic rings. The van der Waals surface area contributed by atoms with Gasteiger partial charge in [-0.1, -0.05) is 18.2 Å². The van der Waals surface area contributed by atoms with Crippen LogP contribution in [0, 0.1) is 26.1 Å². The molecule has 1 aliphatic rings. The van der Waals surface area contributed by atoms with Crippen molar-refractivity contribution in [1.82, 2.24) is 0 Å². The molecule has 126 valence electrons. The monoisotopic (exact) mass is 330 g/mol. The van der Waals surface area contributed by atoms with Crippen LogP contribution in [0.15, 0.2) is 47.1 Å². The molecule has 24 heavy (non-hydrogen) atoms. The fourth-order valence-corrected chi connectivity index (χ4v) is 2.43. The zero-order valence-corrected chi connectivity index (χ0v) is 13.5. The highest BCUT2D eigenvalue weighted by Gasteiger charge is 2.21. The molecule has 2 rings (SSSR count). The summed E-state index contributed by atoms with van der Waals surface area (Å²) in [6.07, 6.45) is 3.66. The minimum absolute atomic E-state index is 0.114. The number of nitrogens with zero attached hydrogens (tertiary/aromatic N) is 3. The standard InChI is InChI=1S/C16H18N4O4/c1-10(2)12-5-4-11(3)15(8-12)18-17-14-7-6-13(19(21)22)9-16(14)20(23)24/h4,6-7,9,12,17H,1,5,8H2,2-3H3/b18-15-/t12-/m0/s1. The van der Waals surface area contributed by atoms with E-state index in [1.807, 2.05) is 13.8 Å². The number of anilines is 1. The first-order valence-corrected chi connectivity index (χ1v) is 7.37. The van der Waals surface area contributed by atoms with Gasteiger partial charge in [-0.15, -0.1) is 0 Å². The number of nitrogens with one attached hydrogen (secondary N) is 1. The number of allylic oxidation sites excluding steroid dienone is 3. The van der Waals surface area contributed by atoms with Crippen LogP contribution in [0.3, 0.4) is 0 Å². The van der Waals surface area contributed by atoms with Gasteiger partial charge in [0.2, 0.25) is 0 Å². The van der Waals surface area contributed by atoms with Crippen LogP contribution in [-0.2, 0) is 0 Å². The third kappa shape index (κ3) is 3.83. The summed E-state index contributed by atoms with van der Waals surface area (Å²) in [6, 6.07) is 3.41. The smallest absolute Gasteiger partial charge is 0.271 e. The highest BCUT2D eigenvalue weighted by atomic mass is 16.6. The molecule has 1 N–H and O–H groups in total. The Morgan fingerprint density at radius 3 is 2.62 bits per heavy atom. The summed E-state index contributed by atoms with van der Waals surface area (Å²) < 4.78 is 0. The van der Waals surface area contributed by atoms with Gasteiger partial charge in [-0.05, 0) is 44.2 Å². The largest absolute Gasteiger partial charge is 0.301 e. The molecular weight excluding hydrogens is 312 g/mol. The summed E-state index contributed by atoms with van der Waals surface area (Å²) >= 11 is 0. The predicted molar refractivity (Wildman–Crippen MR) is 92.1 cm³/mol. The zero-order valence-electron chi connectivity index (χ0n) is 13.5. The number of nitro benzene ring substituents is 2. The molecule has 8 heteroatoms. The number of nitro groups is 2. The van der Waals surface area contributed by atoms with Crippen molar-refractivity contribution in [3.05, 3.63) is 62.2 Å². The van der Waals surface area contributed by atoms with E-state index in [9.17, 15) is 20.2 Å². The van der Waals surface area contributed by atoms with Gasteiger partial charge in [-0.25, -0.2) is 0 Å². The van der Waals surface area contributed by atoms with E-state index < -0.39 is 9.85 Å². The molecule has 0 aliphatic heterocycles. The molecule has 1 atom stereocenters. The molecule has 0 saturated heterocycles. The minimum Gasteiger partial charge on any atom is -0.271 e. The van der Waals surface area contributed by atoms with Gasteiger partial charge in [0.05, 0.1) is 21.6 Å². The average Bonchev–Trinajstić information content (AvgIpc) is 2.53. The van der Waals surface area contributed by atoms with Crippen LogP contribution in [0.2, 0.25) is 0 Å². The molecule has 0 spiro atoms. The van der Waals surface area contributed by atoms with E-state index in [2.05, 4.69) is 23.2 Å². The van der Waals surface area contributed by atoms with Gasteiger partial charge in [-0.2, -0.15) is 5.10 Å². The first-order valence-electron chi connectivity index (χ1n) is 7.37. The van der Waals surface area contributed by atoms with Gasteiger partial charge in [0, 0.05) is 6.07 Å². The van der Waals surface area contributed by atoms with Gasteiger partial charge < -0.3 is 0 Å². The van der Waals surface area contributed by atoms with Gasteiger partial charge >= 0.3 is 5.69 Å². The van der Waals surface area contributed by atoms with Gasteiger partial charge in [-0.3, -0.25) is 25.7 Å². The molecule has 0 saturated carbocycles. The summed E-state index contributed by atoms with van der Waals surface area (Å²) in [6.45, 7) is 7.86. The molecule has 0 bridgehead atoms. The summed E-state index contributed by atoms with van der Waals surface area (Å²) in [5.41, 5.74) is 4.92. The average molecular weight is 330 g/mol. The second-order valence-electron chi connectivity index (χ2n) is 5.76. The molecule has 0 amide bonds. The number of hydrogen-bond acceptors (Lipinski definition) is 6. The molecule has 1 aliphatic carbocycles. The number of hydrogen-bond donors (Lipinski definition) is 1. The lowest BCUT2D eigenvalue weighted by Crippen LogP contribution is -2.16. The first kappa shape index (κ1) is 17.3. The summed E-state index contributed by atoms with van der Waals surface area (Å²) in [5.74, 6) is 0.293. The molecule has 0 unspecified atom stereocenters. The van der Waals surface area contributed by atoms with Crippen molar-refractivity contribution in [3.8, 4) is 0 Å². The maximum Gasteiger partial charge on any atom is 0.301 e. The van der Waals surface area contributed by atoms with E-state index in [0.717, 1.165) is 29.3 Å². The summed E-state index contributed by atoms with van der Waals surface area (Å²) in [4.78, 5) is 20.5. The maximum atomic E-state index is 11.1. The van der Waals surface area contributed by atoms with Crippen molar-refractivity contribution < 1.29 is 9.85 Å². The lowest BCUT2D eigenvalue weighted by molar-refractivity contribution is -0.393. The molecule has 8 nitrogen and oxygen atoms in total. The van der Waals surface area contributed by atoms with Gasteiger partial charge in [0.15, 0.2) is 0 Å². The summed E-state index contributed by atoms with van der Waals surface area (Å²) in [7, 11) is 0. The van der Waals surface area contributed by atoms with Crippen molar-refractivity contribution in [2.75, 3.05) is 5.43 Å². The van der Waals surface area contributed by atoms with Crippen molar-refractivity contribution in [2.45, 2.75) is 26.7 Å².